The van der Waals surface area contributed by atoms with Crippen molar-refractivity contribution < 1.29 is 4.39 Å². The Morgan fingerprint density at radius 3 is 2.79 bits per heavy atom. The lowest BCUT2D eigenvalue weighted by molar-refractivity contribution is 0.625. The molecule has 1 rings (SSSR count). The van der Waals surface area contributed by atoms with Gasteiger partial charge in [-0.1, -0.05) is 23.2 Å². The number of hydrogen-bond donors (Lipinski definition) is 1. The monoisotopic (exact) mass is 213 g/mol. The summed E-state index contributed by atoms with van der Waals surface area (Å²) in [6, 6.07) is 4.38. The van der Waals surface area contributed by atoms with E-state index in [1.165, 1.54) is 6.07 Å². The summed E-state index contributed by atoms with van der Waals surface area (Å²) < 4.78 is 12.8. The summed E-state index contributed by atoms with van der Waals surface area (Å²) in [4.78, 5) is 0. The molecule has 1 aromatic carbocycles. The average Bonchev–Trinajstić information content (AvgIpc) is 2.08. The zero-order valence-corrected chi connectivity index (χ0v) is 8.81. The van der Waals surface area contributed by atoms with Crippen LogP contribution in [0.3, 0.4) is 0 Å². The Morgan fingerprint density at radius 2 is 2.29 bits per heavy atom. The molecule has 1 unspecified atom stereocenters. The Labute approximate surface area is 88.4 Å². The van der Waals surface area contributed by atoms with Gasteiger partial charge in [-0.2, -0.15) is 0 Å². The van der Waals surface area contributed by atoms with E-state index in [1.54, 1.807) is 12.1 Å². The fraction of sp³-hybridized carbons (Fsp3) is 0.273. The zero-order chi connectivity index (χ0) is 10.7. The van der Waals surface area contributed by atoms with E-state index in [4.69, 9.17) is 17.3 Å². The Bertz CT molecular complexity index is 349. The van der Waals surface area contributed by atoms with Crippen LogP contribution in [0.1, 0.15) is 24.9 Å². The van der Waals surface area contributed by atoms with Crippen LogP contribution in [0.15, 0.2) is 30.4 Å². The minimum atomic E-state index is -0.419. The van der Waals surface area contributed by atoms with E-state index in [0.29, 0.717) is 6.42 Å². The van der Waals surface area contributed by atoms with E-state index in [2.05, 4.69) is 6.58 Å². The molecular weight excluding hydrogens is 201 g/mol. The normalized spacial score (nSPS) is 12.6. The van der Waals surface area contributed by atoms with Crippen LogP contribution in [0.2, 0.25) is 5.02 Å². The molecule has 0 fully saturated rings. The molecule has 0 heterocycles. The van der Waals surface area contributed by atoms with Crippen LogP contribution < -0.4 is 5.73 Å². The lowest BCUT2D eigenvalue weighted by Gasteiger charge is -2.12. The minimum Gasteiger partial charge on any atom is -0.324 e. The fourth-order valence-electron chi connectivity index (χ4n) is 1.24. The van der Waals surface area contributed by atoms with Crippen molar-refractivity contribution in [1.29, 1.82) is 0 Å². The SMILES string of the molecule is C=C(C)CC(N)c1ccc(F)c(Cl)c1. The van der Waals surface area contributed by atoms with E-state index in [-0.39, 0.29) is 11.1 Å². The number of benzene rings is 1. The largest absolute Gasteiger partial charge is 0.324 e. The topological polar surface area (TPSA) is 26.0 Å². The van der Waals surface area contributed by atoms with E-state index in [0.717, 1.165) is 11.1 Å². The van der Waals surface area contributed by atoms with Crippen molar-refractivity contribution in [3.63, 3.8) is 0 Å². The molecule has 14 heavy (non-hydrogen) atoms. The summed E-state index contributed by atoms with van der Waals surface area (Å²) in [6.45, 7) is 5.68. The van der Waals surface area contributed by atoms with Crippen LogP contribution >= 0.6 is 11.6 Å². The number of halogens is 2. The van der Waals surface area contributed by atoms with Crippen LogP contribution in [0, 0.1) is 5.82 Å². The van der Waals surface area contributed by atoms with Gasteiger partial charge in [0.25, 0.3) is 0 Å². The summed E-state index contributed by atoms with van der Waals surface area (Å²) >= 11 is 5.64. The van der Waals surface area contributed by atoms with Crippen molar-refractivity contribution in [3.8, 4) is 0 Å². The summed E-state index contributed by atoms with van der Waals surface area (Å²) in [5, 5.41) is 0.111. The van der Waals surface area contributed by atoms with Crippen LogP contribution in [0.5, 0.6) is 0 Å². The van der Waals surface area contributed by atoms with E-state index < -0.39 is 5.82 Å². The number of rotatable bonds is 3. The highest BCUT2D eigenvalue weighted by Gasteiger charge is 2.08. The summed E-state index contributed by atoms with van der Waals surface area (Å²) in [5.41, 5.74) is 7.70. The molecule has 0 aliphatic heterocycles. The highest BCUT2D eigenvalue weighted by Crippen LogP contribution is 2.22. The van der Waals surface area contributed by atoms with Crippen LogP contribution in [-0.4, -0.2) is 0 Å². The Balaban J connectivity index is 2.85. The Kier molecular flexibility index (Phi) is 3.67. The Hall–Kier alpha value is -0.860. The maximum absolute atomic E-state index is 12.8. The predicted molar refractivity (Wildman–Crippen MR) is 57.8 cm³/mol. The van der Waals surface area contributed by atoms with Gasteiger partial charge < -0.3 is 5.73 Å². The van der Waals surface area contributed by atoms with Gasteiger partial charge in [0, 0.05) is 6.04 Å². The van der Waals surface area contributed by atoms with Gasteiger partial charge in [-0.05, 0) is 31.0 Å². The number of nitrogens with two attached hydrogens (primary N) is 1. The van der Waals surface area contributed by atoms with Crippen molar-refractivity contribution in [2.24, 2.45) is 5.73 Å². The maximum atomic E-state index is 12.8. The molecule has 0 aromatic heterocycles. The first-order valence-corrected chi connectivity index (χ1v) is 4.73. The molecule has 3 heteroatoms. The van der Waals surface area contributed by atoms with E-state index >= 15 is 0 Å². The van der Waals surface area contributed by atoms with Gasteiger partial charge in [-0.25, -0.2) is 4.39 Å². The summed E-state index contributed by atoms with van der Waals surface area (Å²) in [6.07, 6.45) is 0.683. The molecule has 0 saturated heterocycles. The second-order valence-electron chi connectivity index (χ2n) is 3.44. The first kappa shape index (κ1) is 11.2. The third kappa shape index (κ3) is 2.82. The molecule has 0 bridgehead atoms. The molecule has 0 radical (unpaired) electrons. The minimum absolute atomic E-state index is 0.111. The van der Waals surface area contributed by atoms with Crippen molar-refractivity contribution in [2.75, 3.05) is 0 Å². The van der Waals surface area contributed by atoms with Gasteiger partial charge in [0.1, 0.15) is 5.82 Å². The molecule has 2 N–H and O–H groups in total. The van der Waals surface area contributed by atoms with Crippen LogP contribution in [0.25, 0.3) is 0 Å². The molecule has 1 atom stereocenters. The highest BCUT2D eigenvalue weighted by atomic mass is 35.5. The first-order chi connectivity index (χ1) is 6.50. The molecule has 76 valence electrons. The van der Waals surface area contributed by atoms with E-state index in [1.807, 2.05) is 6.92 Å². The van der Waals surface area contributed by atoms with Crippen LogP contribution in [0.4, 0.5) is 4.39 Å². The lowest BCUT2D eigenvalue weighted by Crippen LogP contribution is -2.10. The van der Waals surface area contributed by atoms with Gasteiger partial charge in [0.15, 0.2) is 0 Å². The molecular formula is C11H13ClFN. The highest BCUT2D eigenvalue weighted by molar-refractivity contribution is 6.30. The second kappa shape index (κ2) is 4.58. The molecule has 0 aliphatic rings. The van der Waals surface area contributed by atoms with Gasteiger partial charge >= 0.3 is 0 Å². The predicted octanol–water partition coefficient (Wildman–Crippen LogP) is 3.45. The number of hydrogen-bond acceptors (Lipinski definition) is 1. The summed E-state index contributed by atoms with van der Waals surface area (Å²) in [7, 11) is 0. The van der Waals surface area contributed by atoms with Crippen molar-refractivity contribution in [1.82, 2.24) is 0 Å². The Morgan fingerprint density at radius 1 is 1.64 bits per heavy atom. The third-order valence-electron chi connectivity index (χ3n) is 1.94. The average molecular weight is 214 g/mol. The van der Waals surface area contributed by atoms with E-state index in [9.17, 15) is 4.39 Å². The van der Waals surface area contributed by atoms with Gasteiger partial charge in [-0.15, -0.1) is 6.58 Å². The fourth-order valence-corrected chi connectivity index (χ4v) is 1.43. The van der Waals surface area contributed by atoms with Gasteiger partial charge in [0.2, 0.25) is 0 Å². The molecule has 1 aromatic rings. The van der Waals surface area contributed by atoms with Crippen molar-refractivity contribution in [2.45, 2.75) is 19.4 Å². The molecule has 0 aliphatic carbocycles. The molecule has 0 spiro atoms. The maximum Gasteiger partial charge on any atom is 0.141 e. The van der Waals surface area contributed by atoms with Gasteiger partial charge in [-0.3, -0.25) is 0 Å². The molecule has 0 amide bonds. The smallest absolute Gasteiger partial charge is 0.141 e. The standard InChI is InChI=1S/C11H13ClFN/c1-7(2)5-11(14)8-3-4-10(13)9(12)6-8/h3-4,6,11H,1,5,14H2,2H3. The lowest BCUT2D eigenvalue weighted by atomic mass is 10.0. The quantitative estimate of drug-likeness (QED) is 0.765. The zero-order valence-electron chi connectivity index (χ0n) is 8.06. The van der Waals surface area contributed by atoms with Crippen LogP contribution in [-0.2, 0) is 0 Å². The molecule has 0 saturated carbocycles. The third-order valence-corrected chi connectivity index (χ3v) is 2.23. The second-order valence-corrected chi connectivity index (χ2v) is 3.85. The first-order valence-electron chi connectivity index (χ1n) is 4.35. The van der Waals surface area contributed by atoms with Crippen molar-refractivity contribution >= 4 is 11.6 Å². The van der Waals surface area contributed by atoms with Gasteiger partial charge in [0.05, 0.1) is 5.02 Å². The van der Waals surface area contributed by atoms with Crippen molar-refractivity contribution in [3.05, 3.63) is 46.8 Å². The summed E-state index contributed by atoms with van der Waals surface area (Å²) in [5.74, 6) is -0.419. The molecule has 1 nitrogen and oxygen atoms in total.